The standard InChI is InChI=1S/C20H14N2O3/c1-25-19(24)15-9-7-13(8-10-15)16-17(20(16,11-21)12-22)18(23)14-5-3-2-4-6-14/h2-10,16-17H,1H3/t16-,17+/m1/s1. The molecule has 25 heavy (non-hydrogen) atoms. The van der Waals surface area contributed by atoms with E-state index in [4.69, 9.17) is 0 Å². The molecule has 1 aliphatic rings. The molecule has 0 spiro atoms. The molecule has 1 fully saturated rings. The van der Waals surface area contributed by atoms with Crippen LogP contribution in [0.3, 0.4) is 0 Å². The summed E-state index contributed by atoms with van der Waals surface area (Å²) in [6.07, 6.45) is 0. The Morgan fingerprint density at radius 3 is 2.08 bits per heavy atom. The van der Waals surface area contributed by atoms with E-state index in [2.05, 4.69) is 4.74 Å². The summed E-state index contributed by atoms with van der Waals surface area (Å²) < 4.78 is 4.65. The fraction of sp³-hybridized carbons (Fsp3) is 0.200. The molecule has 2 atom stereocenters. The van der Waals surface area contributed by atoms with E-state index in [0.29, 0.717) is 16.7 Å². The van der Waals surface area contributed by atoms with E-state index in [-0.39, 0.29) is 5.78 Å². The number of ether oxygens (including phenoxy) is 1. The summed E-state index contributed by atoms with van der Waals surface area (Å²) in [5.41, 5.74) is 0.165. The van der Waals surface area contributed by atoms with Crippen molar-refractivity contribution in [2.45, 2.75) is 5.92 Å². The molecule has 2 aromatic carbocycles. The van der Waals surface area contributed by atoms with Crippen LogP contribution >= 0.6 is 0 Å². The zero-order chi connectivity index (χ0) is 18.0. The molecule has 2 aromatic rings. The van der Waals surface area contributed by atoms with Gasteiger partial charge in [-0.05, 0) is 17.7 Å². The highest BCUT2D eigenvalue weighted by atomic mass is 16.5. The first-order valence-corrected chi connectivity index (χ1v) is 7.69. The summed E-state index contributed by atoms with van der Waals surface area (Å²) in [4.78, 5) is 24.3. The third kappa shape index (κ3) is 2.56. The number of methoxy groups -OCH3 is 1. The Labute approximate surface area is 145 Å². The average Bonchev–Trinajstić information content (AvgIpc) is 3.36. The van der Waals surface area contributed by atoms with Gasteiger partial charge in [0, 0.05) is 11.5 Å². The number of hydrogen-bond donors (Lipinski definition) is 0. The normalized spacial score (nSPS) is 20.0. The topological polar surface area (TPSA) is 90.9 Å². The summed E-state index contributed by atoms with van der Waals surface area (Å²) in [6, 6.07) is 19.2. The van der Waals surface area contributed by atoms with Gasteiger partial charge < -0.3 is 4.74 Å². The van der Waals surface area contributed by atoms with E-state index in [1.165, 1.54) is 7.11 Å². The van der Waals surface area contributed by atoms with Crippen LogP contribution in [0.5, 0.6) is 0 Å². The molecule has 5 nitrogen and oxygen atoms in total. The van der Waals surface area contributed by atoms with E-state index >= 15 is 0 Å². The fourth-order valence-corrected chi connectivity index (χ4v) is 3.23. The summed E-state index contributed by atoms with van der Waals surface area (Å²) in [7, 11) is 1.29. The van der Waals surface area contributed by atoms with Crippen molar-refractivity contribution in [1.29, 1.82) is 10.5 Å². The zero-order valence-electron chi connectivity index (χ0n) is 13.5. The second-order valence-electron chi connectivity index (χ2n) is 5.89. The van der Waals surface area contributed by atoms with Crippen LogP contribution in [0, 0.1) is 34.0 Å². The number of nitriles is 2. The van der Waals surface area contributed by atoms with Crippen LogP contribution in [-0.4, -0.2) is 18.9 Å². The van der Waals surface area contributed by atoms with Crippen LogP contribution in [-0.2, 0) is 4.74 Å². The zero-order valence-corrected chi connectivity index (χ0v) is 13.5. The average molecular weight is 330 g/mol. The molecule has 0 unspecified atom stereocenters. The van der Waals surface area contributed by atoms with Crippen LogP contribution in [0.4, 0.5) is 0 Å². The summed E-state index contributed by atoms with van der Waals surface area (Å²) >= 11 is 0. The van der Waals surface area contributed by atoms with Gasteiger partial charge in [-0.15, -0.1) is 0 Å². The van der Waals surface area contributed by atoms with Crippen molar-refractivity contribution in [3.8, 4) is 12.1 Å². The van der Waals surface area contributed by atoms with Gasteiger partial charge >= 0.3 is 5.97 Å². The van der Waals surface area contributed by atoms with E-state index in [0.717, 1.165) is 0 Å². The number of ketones is 1. The molecule has 0 amide bonds. The number of carbonyl (C=O) groups excluding carboxylic acids is 2. The van der Waals surface area contributed by atoms with Crippen LogP contribution in [0.25, 0.3) is 0 Å². The Balaban J connectivity index is 1.95. The van der Waals surface area contributed by atoms with Crippen LogP contribution in [0.15, 0.2) is 54.6 Å². The molecule has 0 N–H and O–H groups in total. The lowest BCUT2D eigenvalue weighted by molar-refractivity contribution is 0.0600. The minimum absolute atomic E-state index is 0.217. The van der Waals surface area contributed by atoms with E-state index in [9.17, 15) is 20.1 Å². The first-order valence-electron chi connectivity index (χ1n) is 7.69. The highest BCUT2D eigenvalue weighted by Crippen LogP contribution is 2.65. The molecule has 122 valence electrons. The van der Waals surface area contributed by atoms with Crippen molar-refractivity contribution < 1.29 is 14.3 Å². The van der Waals surface area contributed by atoms with Gasteiger partial charge in [0.05, 0.1) is 30.7 Å². The first-order chi connectivity index (χ1) is 12.1. The summed E-state index contributed by atoms with van der Waals surface area (Å²) in [5, 5.41) is 19.1. The second-order valence-corrected chi connectivity index (χ2v) is 5.89. The molecular weight excluding hydrogens is 316 g/mol. The smallest absolute Gasteiger partial charge is 0.337 e. The fourth-order valence-electron chi connectivity index (χ4n) is 3.23. The molecule has 0 saturated heterocycles. The highest BCUT2D eigenvalue weighted by Gasteiger charge is 2.70. The highest BCUT2D eigenvalue weighted by molar-refractivity contribution is 6.02. The minimum Gasteiger partial charge on any atom is -0.465 e. The lowest BCUT2D eigenvalue weighted by Crippen LogP contribution is -2.08. The molecule has 0 aromatic heterocycles. The van der Waals surface area contributed by atoms with Crippen molar-refractivity contribution in [2.75, 3.05) is 7.11 Å². The molecule has 0 bridgehead atoms. The van der Waals surface area contributed by atoms with Gasteiger partial charge in [-0.3, -0.25) is 4.79 Å². The predicted molar refractivity (Wildman–Crippen MR) is 88.4 cm³/mol. The molecule has 0 heterocycles. The van der Waals surface area contributed by atoms with Gasteiger partial charge in [0.1, 0.15) is 0 Å². The van der Waals surface area contributed by atoms with E-state index < -0.39 is 23.2 Å². The quantitative estimate of drug-likeness (QED) is 0.634. The third-order valence-corrected chi connectivity index (χ3v) is 4.61. The number of rotatable bonds is 4. The number of carbonyl (C=O) groups is 2. The van der Waals surface area contributed by atoms with Crippen molar-refractivity contribution in [2.24, 2.45) is 11.3 Å². The lowest BCUT2D eigenvalue weighted by Gasteiger charge is -2.03. The van der Waals surface area contributed by atoms with Gasteiger partial charge in [-0.2, -0.15) is 10.5 Å². The Morgan fingerprint density at radius 1 is 0.960 bits per heavy atom. The van der Waals surface area contributed by atoms with Gasteiger partial charge in [-0.1, -0.05) is 42.5 Å². The van der Waals surface area contributed by atoms with Gasteiger partial charge in [-0.25, -0.2) is 4.79 Å². The summed E-state index contributed by atoms with van der Waals surface area (Å²) in [6.45, 7) is 0. The van der Waals surface area contributed by atoms with Crippen LogP contribution < -0.4 is 0 Å². The minimum atomic E-state index is -1.38. The molecular formula is C20H14N2O3. The van der Waals surface area contributed by atoms with Gasteiger partial charge in [0.25, 0.3) is 0 Å². The summed E-state index contributed by atoms with van der Waals surface area (Å²) in [5.74, 6) is -1.91. The molecule has 5 heteroatoms. The maximum absolute atomic E-state index is 12.8. The third-order valence-electron chi connectivity index (χ3n) is 4.61. The van der Waals surface area contributed by atoms with Gasteiger partial charge in [0.2, 0.25) is 0 Å². The first kappa shape index (κ1) is 16.4. The Morgan fingerprint density at radius 2 is 1.56 bits per heavy atom. The van der Waals surface area contributed by atoms with Gasteiger partial charge in [0.15, 0.2) is 11.2 Å². The Bertz CT molecular complexity index is 891. The number of benzene rings is 2. The molecule has 3 rings (SSSR count). The SMILES string of the molecule is COC(=O)c1ccc([C@@H]2[C@@H](C(=O)c3ccccc3)C2(C#N)C#N)cc1. The van der Waals surface area contributed by atoms with Crippen molar-refractivity contribution in [1.82, 2.24) is 0 Å². The largest absolute Gasteiger partial charge is 0.465 e. The van der Waals surface area contributed by atoms with Crippen molar-refractivity contribution in [3.63, 3.8) is 0 Å². The monoisotopic (exact) mass is 330 g/mol. The van der Waals surface area contributed by atoms with E-state index in [1.807, 2.05) is 12.1 Å². The van der Waals surface area contributed by atoms with Crippen molar-refractivity contribution >= 4 is 11.8 Å². The lowest BCUT2D eigenvalue weighted by atomic mass is 10.0. The van der Waals surface area contributed by atoms with E-state index in [1.54, 1.807) is 54.6 Å². The van der Waals surface area contributed by atoms with Crippen LogP contribution in [0.1, 0.15) is 32.2 Å². The van der Waals surface area contributed by atoms with Crippen LogP contribution in [0.2, 0.25) is 0 Å². The maximum atomic E-state index is 12.8. The van der Waals surface area contributed by atoms with Crippen molar-refractivity contribution in [3.05, 3.63) is 71.3 Å². The Hall–Kier alpha value is -3.44. The molecule has 1 saturated carbocycles. The predicted octanol–water partition coefficient (Wildman–Crippen LogP) is 3.10. The number of esters is 1. The second kappa shape index (κ2) is 6.22. The molecule has 1 aliphatic carbocycles. The number of Topliss-reactive ketones (excluding diaryl/α,β-unsaturated/α-hetero) is 1. The molecule has 0 radical (unpaired) electrons. The molecule has 0 aliphatic heterocycles. The Kier molecular flexibility index (Phi) is 4.09. The number of nitrogens with zero attached hydrogens (tertiary/aromatic N) is 2. The maximum Gasteiger partial charge on any atom is 0.337 e. The number of hydrogen-bond acceptors (Lipinski definition) is 5.